The highest BCUT2D eigenvalue weighted by Crippen LogP contribution is 2.24. The normalized spacial score (nSPS) is 11.1. The summed E-state index contributed by atoms with van der Waals surface area (Å²) in [6, 6.07) is 25.9. The molecule has 0 radical (unpaired) electrons. The van der Waals surface area contributed by atoms with E-state index in [-0.39, 0.29) is 0 Å². The van der Waals surface area contributed by atoms with Gasteiger partial charge >= 0.3 is 0 Å². The van der Waals surface area contributed by atoms with Crippen LogP contribution < -0.4 is 11.5 Å². The van der Waals surface area contributed by atoms with Crippen LogP contribution in [0.4, 0.5) is 11.4 Å². The molecule has 4 N–H and O–H groups in total. The van der Waals surface area contributed by atoms with E-state index in [1.807, 2.05) is 24.3 Å². The maximum Gasteiger partial charge on any atom is 0.0314 e. The highest BCUT2D eigenvalue weighted by molar-refractivity contribution is 5.45. The van der Waals surface area contributed by atoms with E-state index in [1.165, 1.54) is 68.5 Å². The second-order valence-corrected chi connectivity index (χ2v) is 10.5. The lowest BCUT2D eigenvalue weighted by atomic mass is 9.90. The number of unbranched alkanes of at least 4 members (excludes halogenated alkanes) is 1. The van der Waals surface area contributed by atoms with E-state index in [0.717, 1.165) is 37.1 Å². The van der Waals surface area contributed by atoms with Crippen molar-refractivity contribution in [3.05, 3.63) is 128 Å². The Morgan fingerprint density at radius 3 is 1.06 bits per heavy atom. The number of hydrogen-bond donors (Lipinski definition) is 2. The molecule has 0 spiro atoms. The number of hydrogen-bond acceptors (Lipinski definition) is 2. The molecule has 0 unspecified atom stereocenters. The van der Waals surface area contributed by atoms with Gasteiger partial charge in [0.1, 0.15) is 0 Å². The number of rotatable bonds is 9. The molecule has 0 saturated heterocycles. The molecule has 0 saturated carbocycles. The average Bonchev–Trinajstić information content (AvgIpc) is 2.82. The first-order valence-corrected chi connectivity index (χ1v) is 13.2. The molecule has 0 amide bonds. The SMILES string of the molecule is Cc1cc(Cc2ccc(N)cc2)cc(C)c1CCCCc1c(C)cc(Cc2ccc(N)cc2)cc1C. The van der Waals surface area contributed by atoms with Crippen LogP contribution in [0.25, 0.3) is 0 Å². The first-order chi connectivity index (χ1) is 17.3. The zero-order valence-electron chi connectivity index (χ0n) is 22.3. The van der Waals surface area contributed by atoms with Gasteiger partial charge < -0.3 is 11.5 Å². The van der Waals surface area contributed by atoms with Gasteiger partial charge in [0.2, 0.25) is 0 Å². The predicted molar refractivity (Wildman–Crippen MR) is 156 cm³/mol. The highest BCUT2D eigenvalue weighted by Gasteiger charge is 2.09. The van der Waals surface area contributed by atoms with E-state index in [4.69, 9.17) is 11.5 Å². The molecule has 4 aromatic carbocycles. The molecule has 0 aromatic heterocycles. The van der Waals surface area contributed by atoms with Gasteiger partial charge in [0.15, 0.2) is 0 Å². The van der Waals surface area contributed by atoms with Crippen molar-refractivity contribution in [2.24, 2.45) is 0 Å². The summed E-state index contributed by atoms with van der Waals surface area (Å²) in [5, 5.41) is 0. The topological polar surface area (TPSA) is 52.0 Å². The first kappa shape index (κ1) is 25.6. The lowest BCUT2D eigenvalue weighted by Gasteiger charge is -2.15. The highest BCUT2D eigenvalue weighted by atomic mass is 14.5. The molecule has 0 bridgehead atoms. The molecule has 2 nitrogen and oxygen atoms in total. The van der Waals surface area contributed by atoms with E-state index in [2.05, 4.69) is 76.2 Å². The quantitative estimate of drug-likeness (QED) is 0.191. The Morgan fingerprint density at radius 2 is 0.750 bits per heavy atom. The Balaban J connectivity index is 1.33. The zero-order valence-corrected chi connectivity index (χ0v) is 22.3. The standard InChI is InChI=1S/C34H40N2/c1-23-17-29(21-27-9-13-31(35)14-10-27)18-24(2)33(23)7-5-6-8-34-25(3)19-30(20-26(34)4)22-28-11-15-32(36)16-12-28/h9-20H,5-8,21-22,35-36H2,1-4H3. The molecular weight excluding hydrogens is 436 g/mol. The summed E-state index contributed by atoms with van der Waals surface area (Å²) >= 11 is 0. The van der Waals surface area contributed by atoms with Crippen LogP contribution in [0.15, 0.2) is 72.8 Å². The first-order valence-electron chi connectivity index (χ1n) is 13.2. The van der Waals surface area contributed by atoms with E-state index in [0.29, 0.717) is 0 Å². The van der Waals surface area contributed by atoms with Gasteiger partial charge in [-0.05, 0) is 146 Å². The van der Waals surface area contributed by atoms with Crippen molar-refractivity contribution in [3.8, 4) is 0 Å². The number of nitrogen functional groups attached to an aromatic ring is 2. The third-order valence-electron chi connectivity index (χ3n) is 7.39. The molecular formula is C34H40N2. The Labute approximate surface area is 217 Å². The number of benzene rings is 4. The fourth-order valence-electron chi connectivity index (χ4n) is 5.50. The van der Waals surface area contributed by atoms with Gasteiger partial charge in [-0.2, -0.15) is 0 Å². The van der Waals surface area contributed by atoms with Gasteiger partial charge in [0.05, 0.1) is 0 Å². The van der Waals surface area contributed by atoms with Crippen LogP contribution in [-0.4, -0.2) is 0 Å². The second kappa shape index (κ2) is 11.5. The van der Waals surface area contributed by atoms with E-state index in [1.54, 1.807) is 0 Å². The van der Waals surface area contributed by atoms with Crippen LogP contribution in [0.5, 0.6) is 0 Å². The minimum atomic E-state index is 0.820. The van der Waals surface area contributed by atoms with Crippen molar-refractivity contribution in [3.63, 3.8) is 0 Å². The van der Waals surface area contributed by atoms with E-state index in [9.17, 15) is 0 Å². The van der Waals surface area contributed by atoms with E-state index >= 15 is 0 Å². The number of anilines is 2. The number of aryl methyl sites for hydroxylation is 4. The van der Waals surface area contributed by atoms with Gasteiger partial charge in [-0.3, -0.25) is 0 Å². The monoisotopic (exact) mass is 476 g/mol. The fraction of sp³-hybridized carbons (Fsp3) is 0.294. The zero-order chi connectivity index (χ0) is 25.7. The van der Waals surface area contributed by atoms with Crippen molar-refractivity contribution in [1.82, 2.24) is 0 Å². The third-order valence-corrected chi connectivity index (χ3v) is 7.39. The van der Waals surface area contributed by atoms with Crippen LogP contribution in [0.2, 0.25) is 0 Å². The Hall–Kier alpha value is -3.52. The lowest BCUT2D eigenvalue weighted by Crippen LogP contribution is -2.01. The minimum absolute atomic E-state index is 0.820. The fourth-order valence-corrected chi connectivity index (χ4v) is 5.50. The smallest absolute Gasteiger partial charge is 0.0314 e. The molecule has 0 aliphatic carbocycles. The molecule has 0 atom stereocenters. The lowest BCUT2D eigenvalue weighted by molar-refractivity contribution is 0.724. The summed E-state index contributed by atoms with van der Waals surface area (Å²) in [5.41, 5.74) is 27.4. The van der Waals surface area contributed by atoms with Crippen molar-refractivity contribution in [1.29, 1.82) is 0 Å². The molecule has 4 aromatic rings. The van der Waals surface area contributed by atoms with Gasteiger partial charge in [0.25, 0.3) is 0 Å². The summed E-state index contributed by atoms with van der Waals surface area (Å²) in [7, 11) is 0. The molecule has 4 rings (SSSR count). The van der Waals surface area contributed by atoms with Gasteiger partial charge in [-0.25, -0.2) is 0 Å². The minimum Gasteiger partial charge on any atom is -0.399 e. The van der Waals surface area contributed by atoms with Crippen molar-refractivity contribution < 1.29 is 0 Å². The maximum absolute atomic E-state index is 5.84. The Kier molecular flexibility index (Phi) is 8.15. The summed E-state index contributed by atoms with van der Waals surface area (Å²) in [4.78, 5) is 0. The maximum atomic E-state index is 5.84. The van der Waals surface area contributed by atoms with Crippen LogP contribution in [0, 0.1) is 27.7 Å². The Morgan fingerprint density at radius 1 is 0.444 bits per heavy atom. The summed E-state index contributed by atoms with van der Waals surface area (Å²) in [5.74, 6) is 0. The van der Waals surface area contributed by atoms with Crippen LogP contribution in [0.3, 0.4) is 0 Å². The molecule has 36 heavy (non-hydrogen) atoms. The Bertz CT molecular complexity index is 1160. The van der Waals surface area contributed by atoms with Crippen molar-refractivity contribution in [2.75, 3.05) is 11.5 Å². The largest absolute Gasteiger partial charge is 0.399 e. The molecule has 2 heteroatoms. The molecule has 0 aliphatic heterocycles. The van der Waals surface area contributed by atoms with Crippen LogP contribution >= 0.6 is 0 Å². The van der Waals surface area contributed by atoms with Crippen molar-refractivity contribution >= 4 is 11.4 Å². The van der Waals surface area contributed by atoms with E-state index < -0.39 is 0 Å². The average molecular weight is 477 g/mol. The summed E-state index contributed by atoms with van der Waals surface area (Å²) in [6.07, 6.45) is 6.63. The van der Waals surface area contributed by atoms with Crippen LogP contribution in [0.1, 0.15) is 68.5 Å². The third kappa shape index (κ3) is 6.57. The van der Waals surface area contributed by atoms with Gasteiger partial charge in [-0.15, -0.1) is 0 Å². The van der Waals surface area contributed by atoms with Crippen LogP contribution in [-0.2, 0) is 25.7 Å². The van der Waals surface area contributed by atoms with Crippen molar-refractivity contribution in [2.45, 2.75) is 66.2 Å². The van der Waals surface area contributed by atoms with Gasteiger partial charge in [-0.1, -0.05) is 48.5 Å². The molecule has 186 valence electrons. The second-order valence-electron chi connectivity index (χ2n) is 10.5. The number of nitrogens with two attached hydrogens (primary N) is 2. The summed E-state index contributed by atoms with van der Waals surface area (Å²) < 4.78 is 0. The molecule has 0 aliphatic rings. The van der Waals surface area contributed by atoms with Gasteiger partial charge in [0, 0.05) is 11.4 Å². The molecule has 0 fully saturated rings. The molecule has 0 heterocycles. The predicted octanol–water partition coefficient (Wildman–Crippen LogP) is 7.83. The summed E-state index contributed by atoms with van der Waals surface area (Å²) in [6.45, 7) is 9.07.